The second-order valence-corrected chi connectivity index (χ2v) is 12.2. The minimum absolute atomic E-state index is 0.0698. The molecule has 29 heavy (non-hydrogen) atoms. The molecule has 5 nitrogen and oxygen atoms in total. The zero-order valence-electron chi connectivity index (χ0n) is 20.3. The highest BCUT2D eigenvalue weighted by Crippen LogP contribution is 2.50. The van der Waals surface area contributed by atoms with Gasteiger partial charge in [0, 0.05) is 11.8 Å². The van der Waals surface area contributed by atoms with Crippen LogP contribution in [0.3, 0.4) is 0 Å². The largest absolute Gasteiger partial charge is 0.464 e. The van der Waals surface area contributed by atoms with Gasteiger partial charge in [-0.1, -0.05) is 69.2 Å². The van der Waals surface area contributed by atoms with E-state index in [9.17, 15) is 14.4 Å². The van der Waals surface area contributed by atoms with Crippen LogP contribution in [0.2, 0.25) is 0 Å². The van der Waals surface area contributed by atoms with E-state index >= 15 is 0 Å². The van der Waals surface area contributed by atoms with E-state index in [-0.39, 0.29) is 28.4 Å². The SMILES string of the molecule is CC(C(C)(C)CC(C)(C)C)C(C)(C)CC(C)(C)C(=O)CC(=O)NC1CCOC1=O. The quantitative estimate of drug-likeness (QED) is 0.433. The lowest BCUT2D eigenvalue weighted by Gasteiger charge is -2.47. The maximum Gasteiger partial charge on any atom is 0.328 e. The molecule has 5 heteroatoms. The summed E-state index contributed by atoms with van der Waals surface area (Å²) in [5.41, 5.74) is -0.331. The van der Waals surface area contributed by atoms with Crippen molar-refractivity contribution in [2.75, 3.05) is 6.61 Å². The number of esters is 1. The summed E-state index contributed by atoms with van der Waals surface area (Å²) < 4.78 is 4.86. The van der Waals surface area contributed by atoms with Crippen molar-refractivity contribution in [1.82, 2.24) is 5.32 Å². The first kappa shape index (κ1) is 25.6. The average molecular weight is 410 g/mol. The fourth-order valence-corrected chi connectivity index (χ4v) is 5.23. The van der Waals surface area contributed by atoms with Gasteiger partial charge in [0.05, 0.1) is 13.0 Å². The monoisotopic (exact) mass is 409 g/mol. The van der Waals surface area contributed by atoms with Crippen LogP contribution in [-0.4, -0.2) is 30.3 Å². The van der Waals surface area contributed by atoms with Crippen molar-refractivity contribution < 1.29 is 19.1 Å². The van der Waals surface area contributed by atoms with Crippen LogP contribution in [0, 0.1) is 27.6 Å². The molecular formula is C24H43NO4. The van der Waals surface area contributed by atoms with Crippen molar-refractivity contribution >= 4 is 17.7 Å². The first-order chi connectivity index (χ1) is 12.9. The number of Topliss-reactive ketones (excluding diaryl/α,β-unsaturated/α-hetero) is 1. The molecular weight excluding hydrogens is 366 g/mol. The fraction of sp³-hybridized carbons (Fsp3) is 0.875. The Balaban J connectivity index is 2.78. The third kappa shape index (κ3) is 7.42. The third-order valence-electron chi connectivity index (χ3n) is 6.57. The van der Waals surface area contributed by atoms with Gasteiger partial charge in [0.25, 0.3) is 0 Å². The summed E-state index contributed by atoms with van der Waals surface area (Å²) in [6.07, 6.45) is 2.06. The number of hydrogen-bond acceptors (Lipinski definition) is 4. The number of carbonyl (C=O) groups is 3. The summed E-state index contributed by atoms with van der Waals surface area (Å²) in [4.78, 5) is 36.7. The van der Waals surface area contributed by atoms with E-state index < -0.39 is 23.3 Å². The molecule has 168 valence electrons. The van der Waals surface area contributed by atoms with Crippen molar-refractivity contribution in [2.24, 2.45) is 27.6 Å². The highest BCUT2D eigenvalue weighted by atomic mass is 16.5. The lowest BCUT2D eigenvalue weighted by atomic mass is 9.57. The molecule has 2 atom stereocenters. The van der Waals surface area contributed by atoms with Crippen molar-refractivity contribution in [1.29, 1.82) is 0 Å². The van der Waals surface area contributed by atoms with Gasteiger partial charge in [-0.05, 0) is 35.0 Å². The van der Waals surface area contributed by atoms with E-state index in [0.717, 1.165) is 6.42 Å². The van der Waals surface area contributed by atoms with Gasteiger partial charge in [0.15, 0.2) is 0 Å². The van der Waals surface area contributed by atoms with E-state index in [0.29, 0.717) is 25.4 Å². The first-order valence-corrected chi connectivity index (χ1v) is 10.9. The second-order valence-electron chi connectivity index (χ2n) is 12.2. The van der Waals surface area contributed by atoms with Crippen LogP contribution in [-0.2, 0) is 19.1 Å². The first-order valence-electron chi connectivity index (χ1n) is 10.9. The van der Waals surface area contributed by atoms with E-state index in [2.05, 4.69) is 60.7 Å². The molecule has 0 bridgehead atoms. The fourth-order valence-electron chi connectivity index (χ4n) is 5.23. The van der Waals surface area contributed by atoms with Gasteiger partial charge in [-0.2, -0.15) is 0 Å². The molecule has 1 N–H and O–H groups in total. The molecule has 0 aliphatic carbocycles. The lowest BCUT2D eigenvalue weighted by Crippen LogP contribution is -2.43. The van der Waals surface area contributed by atoms with Crippen LogP contribution >= 0.6 is 0 Å². The average Bonchev–Trinajstić information content (AvgIpc) is 2.87. The van der Waals surface area contributed by atoms with Crippen molar-refractivity contribution in [2.45, 2.75) is 101 Å². The Morgan fingerprint density at radius 2 is 1.52 bits per heavy atom. The molecule has 1 amide bonds. The van der Waals surface area contributed by atoms with Crippen LogP contribution in [0.1, 0.15) is 94.9 Å². The Hall–Kier alpha value is -1.39. The third-order valence-corrected chi connectivity index (χ3v) is 6.57. The molecule has 1 heterocycles. The van der Waals surface area contributed by atoms with Crippen LogP contribution in [0.15, 0.2) is 0 Å². The lowest BCUT2D eigenvalue weighted by molar-refractivity contribution is -0.142. The van der Waals surface area contributed by atoms with Crippen molar-refractivity contribution in [3.05, 3.63) is 0 Å². The molecule has 0 spiro atoms. The molecule has 1 aliphatic heterocycles. The maximum atomic E-state index is 12.9. The topological polar surface area (TPSA) is 72.5 Å². The van der Waals surface area contributed by atoms with Crippen LogP contribution in [0.25, 0.3) is 0 Å². The van der Waals surface area contributed by atoms with Gasteiger partial charge in [0.1, 0.15) is 11.8 Å². The van der Waals surface area contributed by atoms with E-state index in [4.69, 9.17) is 4.74 Å². The number of rotatable bonds is 9. The number of amides is 1. The number of cyclic esters (lactones) is 1. The Morgan fingerprint density at radius 1 is 1.00 bits per heavy atom. The minimum Gasteiger partial charge on any atom is -0.464 e. The smallest absolute Gasteiger partial charge is 0.328 e. The van der Waals surface area contributed by atoms with E-state index in [1.165, 1.54) is 0 Å². The van der Waals surface area contributed by atoms with E-state index in [1.54, 1.807) is 0 Å². The number of ketones is 1. The van der Waals surface area contributed by atoms with Gasteiger partial charge >= 0.3 is 5.97 Å². The predicted molar refractivity (Wildman–Crippen MR) is 116 cm³/mol. The summed E-state index contributed by atoms with van der Waals surface area (Å²) in [7, 11) is 0. The Kier molecular flexibility index (Phi) is 7.76. The molecule has 0 aromatic rings. The molecule has 0 radical (unpaired) electrons. The van der Waals surface area contributed by atoms with E-state index in [1.807, 2.05) is 13.8 Å². The number of hydrogen-bond donors (Lipinski definition) is 1. The second kappa shape index (κ2) is 8.77. The van der Waals surface area contributed by atoms with Gasteiger partial charge in [-0.15, -0.1) is 0 Å². The van der Waals surface area contributed by atoms with Crippen LogP contribution < -0.4 is 5.32 Å². The summed E-state index contributed by atoms with van der Waals surface area (Å²) >= 11 is 0. The van der Waals surface area contributed by atoms with Crippen LogP contribution in [0.5, 0.6) is 0 Å². The summed E-state index contributed by atoms with van der Waals surface area (Å²) in [6.45, 7) is 22.3. The number of ether oxygens (including phenoxy) is 1. The Bertz CT molecular complexity index is 625. The van der Waals surface area contributed by atoms with Crippen LogP contribution in [0.4, 0.5) is 0 Å². The van der Waals surface area contributed by atoms with Crippen molar-refractivity contribution in [3.63, 3.8) is 0 Å². The highest BCUT2D eigenvalue weighted by molar-refractivity contribution is 6.01. The molecule has 1 rings (SSSR count). The van der Waals surface area contributed by atoms with Gasteiger partial charge in [-0.25, -0.2) is 4.79 Å². The zero-order chi connectivity index (χ0) is 22.8. The molecule has 1 aliphatic rings. The summed E-state index contributed by atoms with van der Waals surface area (Å²) in [5, 5.41) is 2.63. The molecule has 0 aromatic heterocycles. The minimum atomic E-state index is -0.622. The summed E-state index contributed by atoms with van der Waals surface area (Å²) in [6, 6.07) is -0.618. The van der Waals surface area contributed by atoms with Gasteiger partial charge in [-0.3, -0.25) is 9.59 Å². The van der Waals surface area contributed by atoms with Gasteiger partial charge < -0.3 is 10.1 Å². The standard InChI is InChI=1S/C24H43NO4/c1-16(22(5,6)14-21(2,3)4)23(7,8)15-24(9,10)18(26)13-19(27)25-17-11-12-29-20(17)28/h16-17H,11-15H2,1-10H3,(H,25,27). The molecule has 2 unspecified atom stereocenters. The number of carbonyl (C=O) groups excluding carboxylic acids is 3. The highest BCUT2D eigenvalue weighted by Gasteiger charge is 2.44. The predicted octanol–water partition coefficient (Wildman–Crippen LogP) is 4.92. The molecule has 0 aromatic carbocycles. The Labute approximate surface area is 177 Å². The Morgan fingerprint density at radius 3 is 1.97 bits per heavy atom. The zero-order valence-corrected chi connectivity index (χ0v) is 20.3. The molecule has 0 saturated carbocycles. The molecule has 1 saturated heterocycles. The maximum absolute atomic E-state index is 12.9. The number of nitrogens with one attached hydrogen (secondary N) is 1. The normalized spacial score (nSPS) is 19.7. The van der Waals surface area contributed by atoms with Crippen molar-refractivity contribution in [3.8, 4) is 0 Å². The summed E-state index contributed by atoms with van der Waals surface area (Å²) in [5.74, 6) is -0.509. The molecule has 1 fully saturated rings. The van der Waals surface area contributed by atoms with Gasteiger partial charge in [0.2, 0.25) is 5.91 Å².